The van der Waals surface area contributed by atoms with Crippen molar-refractivity contribution in [2.45, 2.75) is 57.0 Å². The van der Waals surface area contributed by atoms with E-state index in [-0.39, 0.29) is 24.2 Å². The number of likely N-dealkylation sites (tertiary alicyclic amines) is 1. The second kappa shape index (κ2) is 10.9. The van der Waals surface area contributed by atoms with Gasteiger partial charge in [-0.2, -0.15) is 18.3 Å². The molecule has 0 radical (unpaired) electrons. The van der Waals surface area contributed by atoms with Gasteiger partial charge in [0.15, 0.2) is 0 Å². The summed E-state index contributed by atoms with van der Waals surface area (Å²) in [4.78, 5) is 36.0. The Morgan fingerprint density at radius 1 is 1.11 bits per heavy atom. The van der Waals surface area contributed by atoms with Gasteiger partial charge in [-0.1, -0.05) is 0 Å². The number of carbonyl (C=O) groups excluding carboxylic acids is 1. The summed E-state index contributed by atoms with van der Waals surface area (Å²) in [7, 11) is 0. The minimum atomic E-state index is -4.86. The molecule has 2 aromatic heterocycles. The zero-order chi connectivity index (χ0) is 26.7. The highest BCUT2D eigenvalue weighted by atomic mass is 19.4. The Balaban J connectivity index is 1.27. The summed E-state index contributed by atoms with van der Waals surface area (Å²) in [6.07, 6.45) is -3.23. The average Bonchev–Trinajstić information content (AvgIpc) is 3.22. The first-order chi connectivity index (χ1) is 17.5. The van der Waals surface area contributed by atoms with Crippen molar-refractivity contribution < 1.29 is 31.5 Å². The number of amides is 1. The standard InChI is InChI=1S/C22H26F5N7O3/c1-12(31-14-9-30-32-20(35)18(14)22(25,26)27)11-37-16-4-7-34(21(16)36)13-2-5-33(6-3-13)17-10-28-15(8-29-17)19(23)24/h8-10,12-13,16,19H,2-7,11H2,1H3,(H2,31,32,35). The van der Waals surface area contributed by atoms with Gasteiger partial charge >= 0.3 is 6.18 Å². The van der Waals surface area contributed by atoms with Gasteiger partial charge in [0.25, 0.3) is 17.9 Å². The lowest BCUT2D eigenvalue weighted by atomic mass is 10.0. The van der Waals surface area contributed by atoms with Crippen LogP contribution in [0.25, 0.3) is 0 Å². The molecule has 4 heterocycles. The fourth-order valence-electron chi connectivity index (χ4n) is 4.56. The molecule has 2 aromatic rings. The number of ether oxygens (including phenoxy) is 1. The largest absolute Gasteiger partial charge is 0.423 e. The number of nitrogens with zero attached hydrogens (tertiary/aromatic N) is 5. The van der Waals surface area contributed by atoms with Crippen molar-refractivity contribution in [1.82, 2.24) is 25.1 Å². The highest BCUT2D eigenvalue weighted by molar-refractivity contribution is 5.83. The lowest BCUT2D eigenvalue weighted by Crippen LogP contribution is -2.47. The maximum Gasteiger partial charge on any atom is 0.423 e. The molecule has 2 N–H and O–H groups in total. The molecule has 2 aliphatic heterocycles. The van der Waals surface area contributed by atoms with Crippen molar-refractivity contribution in [2.24, 2.45) is 0 Å². The highest BCUT2D eigenvalue weighted by Gasteiger charge is 2.39. The van der Waals surface area contributed by atoms with E-state index < -0.39 is 41.6 Å². The predicted octanol–water partition coefficient (Wildman–Crippen LogP) is 2.60. The monoisotopic (exact) mass is 531 g/mol. The van der Waals surface area contributed by atoms with Crippen molar-refractivity contribution in [3.05, 3.63) is 40.2 Å². The topological polar surface area (TPSA) is 116 Å². The third-order valence-corrected chi connectivity index (χ3v) is 6.39. The Morgan fingerprint density at radius 3 is 2.46 bits per heavy atom. The van der Waals surface area contributed by atoms with Gasteiger partial charge in [-0.15, -0.1) is 0 Å². The van der Waals surface area contributed by atoms with Crippen LogP contribution in [0.1, 0.15) is 43.9 Å². The van der Waals surface area contributed by atoms with Crippen LogP contribution in [0.15, 0.2) is 23.4 Å². The van der Waals surface area contributed by atoms with Crippen molar-refractivity contribution >= 4 is 17.4 Å². The Kier molecular flexibility index (Phi) is 7.90. The molecule has 0 saturated carbocycles. The minimum absolute atomic E-state index is 0.0161. The number of piperidine rings is 1. The number of carbonyl (C=O) groups is 1. The Bertz CT molecular complexity index is 1140. The number of aromatic amines is 1. The summed E-state index contributed by atoms with van der Waals surface area (Å²) in [5, 5.41) is 7.78. The number of halogens is 5. The third-order valence-electron chi connectivity index (χ3n) is 6.39. The Labute approximate surface area is 208 Å². The van der Waals surface area contributed by atoms with E-state index in [1.54, 1.807) is 16.9 Å². The summed E-state index contributed by atoms with van der Waals surface area (Å²) in [5.74, 6) is 0.322. The molecule has 0 aromatic carbocycles. The van der Waals surface area contributed by atoms with Gasteiger partial charge in [-0.25, -0.2) is 23.8 Å². The molecule has 0 aliphatic carbocycles. The molecular weight excluding hydrogens is 505 g/mol. The first-order valence-electron chi connectivity index (χ1n) is 11.7. The lowest BCUT2D eigenvalue weighted by Gasteiger charge is -2.37. The number of nitrogens with one attached hydrogen (secondary N) is 2. The van der Waals surface area contributed by atoms with Crippen LogP contribution in [0.2, 0.25) is 0 Å². The van der Waals surface area contributed by atoms with Gasteiger partial charge < -0.3 is 19.9 Å². The molecular formula is C22H26F5N7O3. The van der Waals surface area contributed by atoms with Gasteiger partial charge in [0, 0.05) is 38.1 Å². The minimum Gasteiger partial charge on any atom is -0.378 e. The smallest absolute Gasteiger partial charge is 0.378 e. The molecule has 2 fully saturated rings. The molecule has 37 heavy (non-hydrogen) atoms. The van der Waals surface area contributed by atoms with Crippen LogP contribution in [0.4, 0.5) is 33.5 Å². The van der Waals surface area contributed by atoms with Crippen LogP contribution >= 0.6 is 0 Å². The van der Waals surface area contributed by atoms with Gasteiger partial charge in [-0.05, 0) is 19.8 Å². The molecule has 0 spiro atoms. The molecule has 2 atom stereocenters. The third kappa shape index (κ3) is 6.14. The van der Waals surface area contributed by atoms with Crippen LogP contribution in [0, 0.1) is 0 Å². The van der Waals surface area contributed by atoms with E-state index in [0.717, 1.165) is 12.4 Å². The van der Waals surface area contributed by atoms with Crippen LogP contribution in [0.5, 0.6) is 0 Å². The molecule has 10 nitrogen and oxygen atoms in total. The number of alkyl halides is 5. The second-order valence-corrected chi connectivity index (χ2v) is 8.99. The number of H-pyrrole nitrogens is 1. The van der Waals surface area contributed by atoms with E-state index in [9.17, 15) is 31.5 Å². The maximum atomic E-state index is 13.2. The number of aromatic nitrogens is 4. The van der Waals surface area contributed by atoms with Gasteiger partial charge in [0.05, 0.1) is 30.9 Å². The maximum absolute atomic E-state index is 13.2. The second-order valence-electron chi connectivity index (χ2n) is 8.99. The van der Waals surface area contributed by atoms with E-state index in [2.05, 4.69) is 20.4 Å². The molecule has 2 saturated heterocycles. The van der Waals surface area contributed by atoms with Crippen molar-refractivity contribution in [2.75, 3.05) is 36.5 Å². The average molecular weight is 531 g/mol. The van der Waals surface area contributed by atoms with E-state index >= 15 is 0 Å². The summed E-state index contributed by atoms with van der Waals surface area (Å²) in [6, 6.07) is -0.648. The summed E-state index contributed by atoms with van der Waals surface area (Å²) >= 11 is 0. The molecule has 0 bridgehead atoms. The summed E-state index contributed by atoms with van der Waals surface area (Å²) < 4.78 is 70.7. The summed E-state index contributed by atoms with van der Waals surface area (Å²) in [5.41, 5.74) is -3.57. The number of rotatable bonds is 8. The van der Waals surface area contributed by atoms with E-state index in [0.29, 0.717) is 44.7 Å². The van der Waals surface area contributed by atoms with Crippen molar-refractivity contribution in [3.8, 4) is 0 Å². The van der Waals surface area contributed by atoms with Crippen LogP contribution < -0.4 is 15.8 Å². The molecule has 2 unspecified atom stereocenters. The molecule has 1 amide bonds. The summed E-state index contributed by atoms with van der Waals surface area (Å²) in [6.45, 7) is 3.17. The quantitative estimate of drug-likeness (QED) is 0.500. The van der Waals surface area contributed by atoms with E-state index in [1.165, 1.54) is 6.20 Å². The molecule has 4 rings (SSSR count). The lowest BCUT2D eigenvalue weighted by molar-refractivity contribution is -0.139. The zero-order valence-corrected chi connectivity index (χ0v) is 19.8. The number of hydrogen-bond donors (Lipinski definition) is 2. The predicted molar refractivity (Wildman–Crippen MR) is 121 cm³/mol. The van der Waals surface area contributed by atoms with Crippen molar-refractivity contribution in [1.29, 1.82) is 0 Å². The fraction of sp³-hybridized carbons (Fsp3) is 0.591. The van der Waals surface area contributed by atoms with Crippen LogP contribution in [-0.2, 0) is 15.7 Å². The Hall–Kier alpha value is -3.36. The normalized spacial score (nSPS) is 20.1. The highest BCUT2D eigenvalue weighted by Crippen LogP contribution is 2.32. The van der Waals surface area contributed by atoms with E-state index in [1.807, 2.05) is 4.90 Å². The molecule has 15 heteroatoms. The first kappa shape index (κ1) is 26.7. The first-order valence-corrected chi connectivity index (χ1v) is 11.7. The van der Waals surface area contributed by atoms with Gasteiger partial charge in [0.1, 0.15) is 23.2 Å². The van der Waals surface area contributed by atoms with E-state index in [4.69, 9.17) is 4.74 Å². The molecule has 202 valence electrons. The fourth-order valence-corrected chi connectivity index (χ4v) is 4.56. The molecule has 2 aliphatic rings. The SMILES string of the molecule is CC(COC1CCN(C2CCN(c3cnc(C(F)F)cn3)CC2)C1=O)Nc1cn[nH]c(=O)c1C(F)(F)F. The number of hydrogen-bond acceptors (Lipinski definition) is 8. The van der Waals surface area contributed by atoms with Gasteiger partial charge in [-0.3, -0.25) is 9.59 Å². The van der Waals surface area contributed by atoms with Crippen LogP contribution in [-0.4, -0.2) is 75.4 Å². The van der Waals surface area contributed by atoms with Gasteiger partial charge in [0.2, 0.25) is 0 Å². The van der Waals surface area contributed by atoms with Crippen LogP contribution in [0.3, 0.4) is 0 Å². The zero-order valence-electron chi connectivity index (χ0n) is 19.8. The number of anilines is 2. The van der Waals surface area contributed by atoms with Crippen molar-refractivity contribution in [3.63, 3.8) is 0 Å². The Morgan fingerprint density at radius 2 is 1.84 bits per heavy atom.